The Morgan fingerprint density at radius 1 is 1.09 bits per heavy atom. The second-order valence-electron chi connectivity index (χ2n) is 8.89. The minimum atomic E-state index is -0.615. The van der Waals surface area contributed by atoms with Crippen molar-refractivity contribution in [2.45, 2.75) is 46.3 Å². The number of rotatable bonds is 7. The van der Waals surface area contributed by atoms with Gasteiger partial charge in [-0.05, 0) is 75.1 Å². The Kier molecular flexibility index (Phi) is 6.57. The Hall–Kier alpha value is -3.45. The van der Waals surface area contributed by atoms with Gasteiger partial charge in [-0.25, -0.2) is 4.79 Å². The lowest BCUT2D eigenvalue weighted by molar-refractivity contribution is 0.0585. The molecule has 0 aliphatic carbocycles. The van der Waals surface area contributed by atoms with E-state index in [1.165, 1.54) is 7.11 Å². The first-order chi connectivity index (χ1) is 16.2. The van der Waals surface area contributed by atoms with Crippen LogP contribution in [0.4, 0.5) is 0 Å². The Labute approximate surface area is 198 Å². The van der Waals surface area contributed by atoms with Gasteiger partial charge in [0.2, 0.25) is 5.76 Å². The van der Waals surface area contributed by atoms with E-state index in [0.29, 0.717) is 41.7 Å². The first-order valence-electron chi connectivity index (χ1n) is 11.4. The molecule has 0 bridgehead atoms. The number of methoxy groups -OCH3 is 1. The van der Waals surface area contributed by atoms with E-state index in [1.54, 1.807) is 35.2 Å². The summed E-state index contributed by atoms with van der Waals surface area (Å²) >= 11 is 0. The van der Waals surface area contributed by atoms with Crippen molar-refractivity contribution in [3.8, 4) is 0 Å². The topological polar surface area (TPSA) is 86.0 Å². The molecule has 4 rings (SSSR count). The zero-order chi connectivity index (χ0) is 24.6. The number of ether oxygens (including phenoxy) is 2. The Bertz CT molecular complexity index is 1310. The Balaban J connectivity index is 1.82. The van der Waals surface area contributed by atoms with Crippen LogP contribution in [-0.2, 0) is 9.47 Å². The summed E-state index contributed by atoms with van der Waals surface area (Å²) in [6.45, 7) is 8.69. The molecule has 0 spiro atoms. The molecule has 3 aromatic rings. The van der Waals surface area contributed by atoms with Crippen molar-refractivity contribution in [1.29, 1.82) is 0 Å². The fourth-order valence-corrected chi connectivity index (χ4v) is 4.33. The standard InChI is InChI=1S/C27H29NO6/c1-15(2)33-12-6-11-28-23(18-7-9-19(10-8-18)27(31)32-5)22-24(29)20-13-16(3)17(4)14-21(20)34-25(22)26(28)30/h7-10,13-15,23H,6,11-12H2,1-5H3. The van der Waals surface area contributed by atoms with Crippen LogP contribution in [-0.4, -0.2) is 43.1 Å². The highest BCUT2D eigenvalue weighted by atomic mass is 16.5. The molecule has 7 nitrogen and oxygen atoms in total. The number of carbonyl (C=O) groups excluding carboxylic acids is 2. The lowest BCUT2D eigenvalue weighted by Crippen LogP contribution is -2.31. The molecule has 0 saturated carbocycles. The van der Waals surface area contributed by atoms with E-state index >= 15 is 0 Å². The van der Waals surface area contributed by atoms with Gasteiger partial charge < -0.3 is 18.8 Å². The molecule has 0 N–H and O–H groups in total. The van der Waals surface area contributed by atoms with Gasteiger partial charge >= 0.3 is 5.97 Å². The molecule has 1 atom stereocenters. The van der Waals surface area contributed by atoms with E-state index in [9.17, 15) is 14.4 Å². The maximum atomic E-state index is 13.7. The van der Waals surface area contributed by atoms with Crippen LogP contribution in [0.5, 0.6) is 0 Å². The first kappa shape index (κ1) is 23.7. The largest absolute Gasteiger partial charge is 0.465 e. The van der Waals surface area contributed by atoms with Crippen LogP contribution < -0.4 is 5.43 Å². The average molecular weight is 464 g/mol. The highest BCUT2D eigenvalue weighted by Crippen LogP contribution is 2.38. The SMILES string of the molecule is COC(=O)c1ccc(C2c3c(oc4cc(C)c(C)cc4c3=O)C(=O)N2CCCOC(C)C)cc1. The number of esters is 1. The van der Waals surface area contributed by atoms with Crippen molar-refractivity contribution >= 4 is 22.8 Å². The van der Waals surface area contributed by atoms with Crippen LogP contribution in [0.1, 0.15) is 69.5 Å². The molecule has 1 unspecified atom stereocenters. The van der Waals surface area contributed by atoms with Crippen molar-refractivity contribution in [2.75, 3.05) is 20.3 Å². The quantitative estimate of drug-likeness (QED) is 0.377. The van der Waals surface area contributed by atoms with Crippen LogP contribution in [0.25, 0.3) is 11.0 Å². The molecule has 1 amide bonds. The Morgan fingerprint density at radius 2 is 1.76 bits per heavy atom. The third-order valence-electron chi connectivity index (χ3n) is 6.22. The predicted octanol–water partition coefficient (Wildman–Crippen LogP) is 4.56. The summed E-state index contributed by atoms with van der Waals surface area (Å²) in [6, 6.07) is 9.79. The summed E-state index contributed by atoms with van der Waals surface area (Å²) in [5, 5.41) is 0.454. The molecule has 0 radical (unpaired) electrons. The van der Waals surface area contributed by atoms with E-state index in [-0.39, 0.29) is 23.2 Å². The molecule has 2 aromatic carbocycles. The summed E-state index contributed by atoms with van der Waals surface area (Å²) in [5.41, 5.74) is 3.60. The van der Waals surface area contributed by atoms with Gasteiger partial charge in [-0.3, -0.25) is 9.59 Å². The third kappa shape index (κ3) is 4.23. The van der Waals surface area contributed by atoms with Gasteiger partial charge in [0.25, 0.3) is 5.91 Å². The van der Waals surface area contributed by atoms with E-state index in [4.69, 9.17) is 13.9 Å². The molecule has 0 fully saturated rings. The molecule has 7 heteroatoms. The number of hydrogen-bond donors (Lipinski definition) is 0. The molecule has 2 heterocycles. The molecular formula is C27H29NO6. The van der Waals surface area contributed by atoms with Gasteiger partial charge in [0.05, 0.1) is 35.8 Å². The predicted molar refractivity (Wildman–Crippen MR) is 128 cm³/mol. The van der Waals surface area contributed by atoms with Crippen LogP contribution >= 0.6 is 0 Å². The molecule has 1 aliphatic heterocycles. The van der Waals surface area contributed by atoms with Gasteiger partial charge in [-0.15, -0.1) is 0 Å². The van der Waals surface area contributed by atoms with Gasteiger partial charge in [0.15, 0.2) is 5.43 Å². The normalized spacial score (nSPS) is 15.3. The number of benzene rings is 2. The molecule has 1 aliphatic rings. The number of hydrogen-bond acceptors (Lipinski definition) is 6. The summed E-state index contributed by atoms with van der Waals surface area (Å²) in [4.78, 5) is 40.7. The lowest BCUT2D eigenvalue weighted by Gasteiger charge is -2.25. The molecule has 1 aromatic heterocycles. The maximum absolute atomic E-state index is 13.7. The highest BCUT2D eigenvalue weighted by molar-refractivity contribution is 5.99. The highest BCUT2D eigenvalue weighted by Gasteiger charge is 2.42. The monoisotopic (exact) mass is 463 g/mol. The van der Waals surface area contributed by atoms with Gasteiger partial charge in [0, 0.05) is 13.2 Å². The number of amides is 1. The van der Waals surface area contributed by atoms with E-state index in [1.807, 2.05) is 33.8 Å². The zero-order valence-corrected chi connectivity index (χ0v) is 20.1. The zero-order valence-electron chi connectivity index (χ0n) is 20.1. The van der Waals surface area contributed by atoms with Crippen molar-refractivity contribution < 1.29 is 23.5 Å². The fourth-order valence-electron chi connectivity index (χ4n) is 4.33. The number of aryl methyl sites for hydroxylation is 2. The Morgan fingerprint density at radius 3 is 2.41 bits per heavy atom. The van der Waals surface area contributed by atoms with Crippen LogP contribution in [0.2, 0.25) is 0 Å². The molecule has 178 valence electrons. The molecule has 34 heavy (non-hydrogen) atoms. The second kappa shape index (κ2) is 9.43. The third-order valence-corrected chi connectivity index (χ3v) is 6.22. The lowest BCUT2D eigenvalue weighted by atomic mass is 9.96. The van der Waals surface area contributed by atoms with Crippen molar-refractivity contribution in [3.63, 3.8) is 0 Å². The minimum absolute atomic E-state index is 0.0765. The van der Waals surface area contributed by atoms with E-state index in [2.05, 4.69) is 0 Å². The molecular weight excluding hydrogens is 434 g/mol. The van der Waals surface area contributed by atoms with Gasteiger partial charge in [0.1, 0.15) is 5.58 Å². The van der Waals surface area contributed by atoms with Crippen molar-refractivity contribution in [1.82, 2.24) is 4.90 Å². The van der Waals surface area contributed by atoms with Gasteiger partial charge in [-0.1, -0.05) is 12.1 Å². The van der Waals surface area contributed by atoms with E-state index in [0.717, 1.165) is 16.7 Å². The van der Waals surface area contributed by atoms with Gasteiger partial charge in [-0.2, -0.15) is 0 Å². The van der Waals surface area contributed by atoms with Crippen LogP contribution in [0, 0.1) is 13.8 Å². The average Bonchev–Trinajstić information content (AvgIpc) is 3.09. The molecule has 0 saturated heterocycles. The second-order valence-corrected chi connectivity index (χ2v) is 8.89. The summed E-state index contributed by atoms with van der Waals surface area (Å²) in [7, 11) is 1.32. The minimum Gasteiger partial charge on any atom is -0.465 e. The van der Waals surface area contributed by atoms with Crippen LogP contribution in [0.3, 0.4) is 0 Å². The number of fused-ring (bicyclic) bond motifs is 2. The van der Waals surface area contributed by atoms with E-state index < -0.39 is 12.0 Å². The maximum Gasteiger partial charge on any atom is 0.337 e. The van der Waals surface area contributed by atoms with Crippen molar-refractivity contribution in [3.05, 3.63) is 80.2 Å². The summed E-state index contributed by atoms with van der Waals surface area (Å²) < 4.78 is 16.5. The van der Waals surface area contributed by atoms with Crippen LogP contribution in [0.15, 0.2) is 45.6 Å². The summed E-state index contributed by atoms with van der Waals surface area (Å²) in [6.07, 6.45) is 0.703. The van der Waals surface area contributed by atoms with Crippen molar-refractivity contribution in [2.24, 2.45) is 0 Å². The number of carbonyl (C=O) groups is 2. The smallest absolute Gasteiger partial charge is 0.337 e. The summed E-state index contributed by atoms with van der Waals surface area (Å²) in [5.74, 6) is -0.695. The fraction of sp³-hybridized carbons (Fsp3) is 0.370. The first-order valence-corrected chi connectivity index (χ1v) is 11.4. The number of nitrogens with zero attached hydrogens (tertiary/aromatic N) is 1.